The summed E-state index contributed by atoms with van der Waals surface area (Å²) in [6.45, 7) is 0. The molecule has 0 fully saturated rings. The van der Waals surface area contributed by atoms with E-state index in [4.69, 9.17) is 0 Å². The predicted octanol–water partition coefficient (Wildman–Crippen LogP) is 3.99. The molecule has 0 aromatic heterocycles. The molecule has 22 heavy (non-hydrogen) atoms. The zero-order chi connectivity index (χ0) is 14.9. The molecule has 5 nitrogen and oxygen atoms in total. The molecule has 0 radical (unpaired) electrons. The number of benzene rings is 3. The molecule has 3 aromatic carbocycles. The fraction of sp³-hybridized carbons (Fsp3) is 0. The first-order valence-electron chi connectivity index (χ1n) is 6.37. The van der Waals surface area contributed by atoms with E-state index in [1.807, 2.05) is 36.4 Å². The fourth-order valence-electron chi connectivity index (χ4n) is 2.30. The third-order valence-electron chi connectivity index (χ3n) is 3.20. The van der Waals surface area contributed by atoms with Gasteiger partial charge in [0.15, 0.2) is 0 Å². The number of fused-ring (bicyclic) bond motifs is 1. The Labute approximate surface area is 128 Å². The Balaban J connectivity index is 0.00000176. The lowest BCUT2D eigenvalue weighted by Crippen LogP contribution is -2.01. The summed E-state index contributed by atoms with van der Waals surface area (Å²) in [5.74, 6) is 0. The minimum atomic E-state index is -4.28. The largest absolute Gasteiger partial charge is 0.355 e. The molecule has 0 atom stereocenters. The van der Waals surface area contributed by atoms with Gasteiger partial charge >= 0.3 is 0 Å². The highest BCUT2D eigenvalue weighted by atomic mass is 32.2. The van der Waals surface area contributed by atoms with Gasteiger partial charge < -0.3 is 11.5 Å². The van der Waals surface area contributed by atoms with Crippen molar-refractivity contribution in [1.82, 2.24) is 6.15 Å². The third-order valence-corrected chi connectivity index (χ3v) is 4.09. The molecule has 0 saturated carbocycles. The predicted molar refractivity (Wildman–Crippen MR) is 88.5 cm³/mol. The van der Waals surface area contributed by atoms with Crippen LogP contribution in [0.4, 0.5) is 11.4 Å². The summed E-state index contributed by atoms with van der Waals surface area (Å²) in [5, 5.41) is 4.40. The molecular formula is C16H16N2O3S. The van der Waals surface area contributed by atoms with Crippen molar-refractivity contribution in [2.45, 2.75) is 4.90 Å². The first-order valence-corrected chi connectivity index (χ1v) is 7.81. The Hall–Kier alpha value is -2.41. The van der Waals surface area contributed by atoms with E-state index >= 15 is 0 Å². The van der Waals surface area contributed by atoms with Gasteiger partial charge in [-0.05, 0) is 29.7 Å². The van der Waals surface area contributed by atoms with Gasteiger partial charge in [0, 0.05) is 16.8 Å². The van der Waals surface area contributed by atoms with E-state index in [1.165, 1.54) is 6.07 Å². The van der Waals surface area contributed by atoms with Gasteiger partial charge in [-0.1, -0.05) is 42.5 Å². The summed E-state index contributed by atoms with van der Waals surface area (Å²) >= 11 is 0. The second kappa shape index (κ2) is 6.15. The highest BCUT2D eigenvalue weighted by molar-refractivity contribution is 7.86. The van der Waals surface area contributed by atoms with Crippen LogP contribution in [0.5, 0.6) is 0 Å². The van der Waals surface area contributed by atoms with Crippen LogP contribution in [0.1, 0.15) is 0 Å². The molecule has 0 unspecified atom stereocenters. The van der Waals surface area contributed by atoms with Gasteiger partial charge in [0.05, 0.1) is 0 Å². The summed E-state index contributed by atoms with van der Waals surface area (Å²) in [7, 11) is -4.28. The highest BCUT2D eigenvalue weighted by Gasteiger charge is 2.16. The van der Waals surface area contributed by atoms with Crippen LogP contribution in [0.15, 0.2) is 71.6 Å². The number of anilines is 2. The lowest BCUT2D eigenvalue weighted by atomic mass is 10.1. The van der Waals surface area contributed by atoms with Crippen LogP contribution in [0.25, 0.3) is 10.8 Å². The van der Waals surface area contributed by atoms with Crippen molar-refractivity contribution >= 4 is 32.3 Å². The number of hydrogen-bond donors (Lipinski definition) is 3. The summed E-state index contributed by atoms with van der Waals surface area (Å²) in [5.41, 5.74) is 1.47. The molecule has 6 heteroatoms. The van der Waals surface area contributed by atoms with Crippen molar-refractivity contribution in [3.8, 4) is 0 Å². The summed E-state index contributed by atoms with van der Waals surface area (Å²) < 4.78 is 32.6. The smallest absolute Gasteiger partial charge is 0.295 e. The number of hydrogen-bond acceptors (Lipinski definition) is 4. The Morgan fingerprint density at radius 2 is 1.45 bits per heavy atom. The summed E-state index contributed by atoms with van der Waals surface area (Å²) in [6, 6.07) is 19.7. The van der Waals surface area contributed by atoms with Gasteiger partial charge in [-0.2, -0.15) is 8.42 Å². The molecule has 0 bridgehead atoms. The van der Waals surface area contributed by atoms with Crippen LogP contribution in [0.2, 0.25) is 0 Å². The van der Waals surface area contributed by atoms with Gasteiger partial charge in [-0.25, -0.2) is 0 Å². The quantitative estimate of drug-likeness (QED) is 0.634. The molecule has 0 aliphatic heterocycles. The number of rotatable bonds is 3. The van der Waals surface area contributed by atoms with Crippen LogP contribution in [0, 0.1) is 0 Å². The molecular weight excluding hydrogens is 300 g/mol. The van der Waals surface area contributed by atoms with Crippen LogP contribution in [-0.4, -0.2) is 13.0 Å². The average Bonchev–Trinajstić information content (AvgIpc) is 2.47. The van der Waals surface area contributed by atoms with Crippen LogP contribution < -0.4 is 11.5 Å². The molecule has 3 rings (SSSR count). The zero-order valence-electron chi connectivity index (χ0n) is 11.7. The topological polar surface area (TPSA) is 101 Å². The maximum atomic E-state index is 11.6. The SMILES string of the molecule is N.O=S(=O)(O)c1cccc2cccc(Nc3ccccc3)c12. The van der Waals surface area contributed by atoms with Crippen LogP contribution in [-0.2, 0) is 10.1 Å². The van der Waals surface area contributed by atoms with Gasteiger partial charge in [0.2, 0.25) is 0 Å². The molecule has 3 aromatic rings. The van der Waals surface area contributed by atoms with Gasteiger partial charge in [-0.15, -0.1) is 0 Å². The second-order valence-corrected chi connectivity index (χ2v) is 6.02. The van der Waals surface area contributed by atoms with E-state index in [9.17, 15) is 13.0 Å². The zero-order valence-corrected chi connectivity index (χ0v) is 12.5. The molecule has 0 aliphatic rings. The van der Waals surface area contributed by atoms with Crippen molar-refractivity contribution in [2.75, 3.05) is 5.32 Å². The normalized spacial score (nSPS) is 11.0. The molecule has 0 spiro atoms. The number of nitrogens with one attached hydrogen (secondary N) is 1. The monoisotopic (exact) mass is 316 g/mol. The number of para-hydroxylation sites is 1. The van der Waals surface area contributed by atoms with Gasteiger partial charge in [0.1, 0.15) is 4.90 Å². The van der Waals surface area contributed by atoms with E-state index < -0.39 is 10.1 Å². The molecule has 114 valence electrons. The van der Waals surface area contributed by atoms with E-state index in [-0.39, 0.29) is 11.0 Å². The first kappa shape index (κ1) is 16.0. The van der Waals surface area contributed by atoms with Crippen molar-refractivity contribution in [2.24, 2.45) is 0 Å². The Bertz CT molecular complexity index is 888. The maximum absolute atomic E-state index is 11.6. The fourth-order valence-corrected chi connectivity index (χ4v) is 3.04. The standard InChI is InChI=1S/C16H13NO3S.H3N/c18-21(19,20)15-11-5-7-12-6-4-10-14(16(12)15)17-13-8-2-1-3-9-13;/h1-11,17H,(H,18,19,20);1H3. The molecule has 0 amide bonds. The van der Waals surface area contributed by atoms with E-state index in [2.05, 4.69) is 5.32 Å². The minimum absolute atomic E-state index is 0. The third kappa shape index (κ3) is 3.09. The lowest BCUT2D eigenvalue weighted by Gasteiger charge is -2.12. The Morgan fingerprint density at radius 1 is 0.818 bits per heavy atom. The second-order valence-electron chi connectivity index (χ2n) is 4.63. The van der Waals surface area contributed by atoms with Crippen LogP contribution >= 0.6 is 0 Å². The van der Waals surface area contributed by atoms with Crippen molar-refractivity contribution in [3.63, 3.8) is 0 Å². The van der Waals surface area contributed by atoms with E-state index in [0.29, 0.717) is 11.1 Å². The molecule has 0 aliphatic carbocycles. The molecule has 0 heterocycles. The van der Waals surface area contributed by atoms with Gasteiger partial charge in [-0.3, -0.25) is 4.55 Å². The molecule has 5 N–H and O–H groups in total. The van der Waals surface area contributed by atoms with E-state index in [1.54, 1.807) is 24.3 Å². The average molecular weight is 316 g/mol. The first-order chi connectivity index (χ1) is 10.1. The van der Waals surface area contributed by atoms with E-state index in [0.717, 1.165) is 11.1 Å². The van der Waals surface area contributed by atoms with Crippen LogP contribution in [0.3, 0.4) is 0 Å². The van der Waals surface area contributed by atoms with Crippen molar-refractivity contribution in [1.29, 1.82) is 0 Å². The van der Waals surface area contributed by atoms with Crippen molar-refractivity contribution in [3.05, 3.63) is 66.7 Å². The van der Waals surface area contributed by atoms with Crippen molar-refractivity contribution < 1.29 is 13.0 Å². The summed E-state index contributed by atoms with van der Waals surface area (Å²) in [4.78, 5) is -0.0981. The summed E-state index contributed by atoms with van der Waals surface area (Å²) in [6.07, 6.45) is 0. The Morgan fingerprint density at radius 3 is 2.09 bits per heavy atom. The maximum Gasteiger partial charge on any atom is 0.295 e. The van der Waals surface area contributed by atoms with Gasteiger partial charge in [0.25, 0.3) is 10.1 Å². The highest BCUT2D eigenvalue weighted by Crippen LogP contribution is 2.31. The minimum Gasteiger partial charge on any atom is -0.355 e. The lowest BCUT2D eigenvalue weighted by molar-refractivity contribution is 0.484. The molecule has 0 saturated heterocycles. The Kier molecular flexibility index (Phi) is 4.46.